The number of amides is 1. The normalized spacial score (nSPS) is 11.4. The van der Waals surface area contributed by atoms with E-state index in [1.165, 1.54) is 12.1 Å². The lowest BCUT2D eigenvalue weighted by Crippen LogP contribution is -2.33. The van der Waals surface area contributed by atoms with Crippen LogP contribution >= 0.6 is 0 Å². The Hall–Kier alpha value is -2.98. The predicted octanol–water partition coefficient (Wildman–Crippen LogP) is 1.70. The molecule has 128 valence electrons. The summed E-state index contributed by atoms with van der Waals surface area (Å²) in [6.07, 6.45) is -2.76. The molecule has 2 aromatic heterocycles. The average molecular weight is 346 g/mol. The molecule has 0 saturated heterocycles. The van der Waals surface area contributed by atoms with Crippen molar-refractivity contribution < 1.29 is 27.1 Å². The van der Waals surface area contributed by atoms with Crippen molar-refractivity contribution in [2.45, 2.75) is 12.3 Å². The molecule has 2 aromatic rings. The Balaban J connectivity index is 1.95. The summed E-state index contributed by atoms with van der Waals surface area (Å²) < 4.78 is 53.9. The molecule has 0 bridgehead atoms. The smallest absolute Gasteiger partial charge is 0.340 e. The lowest BCUT2D eigenvalue weighted by molar-refractivity contribution is -0.148. The number of pyridine rings is 1. The Morgan fingerprint density at radius 2 is 2.04 bits per heavy atom. The Kier molecular flexibility index (Phi) is 5.11. The highest BCUT2D eigenvalue weighted by atomic mass is 19.3. The fourth-order valence-electron chi connectivity index (χ4n) is 1.44. The Morgan fingerprint density at radius 3 is 2.58 bits per heavy atom. The van der Waals surface area contributed by atoms with Crippen molar-refractivity contribution in [1.29, 1.82) is 0 Å². The second-order valence-corrected chi connectivity index (χ2v) is 4.50. The number of carbonyl (C=O) groups excluding carboxylic acids is 1. The number of aromatic nitrogens is 3. The van der Waals surface area contributed by atoms with Gasteiger partial charge in [-0.1, -0.05) is 0 Å². The van der Waals surface area contributed by atoms with Crippen LogP contribution < -0.4 is 15.6 Å². The molecule has 1 amide bonds. The van der Waals surface area contributed by atoms with Gasteiger partial charge in [-0.05, 0) is 12.1 Å². The molecular formula is C13H10F4N4O3. The molecule has 0 fully saturated rings. The summed E-state index contributed by atoms with van der Waals surface area (Å²) in [7, 11) is 0. The number of anilines is 1. The third-order valence-electron chi connectivity index (χ3n) is 2.64. The largest absolute Gasteiger partial charge is 0.471 e. The number of aromatic amines is 1. The van der Waals surface area contributed by atoms with Crippen LogP contribution in [0.5, 0.6) is 5.88 Å². The highest BCUT2D eigenvalue weighted by molar-refractivity contribution is 6.02. The van der Waals surface area contributed by atoms with Gasteiger partial charge in [0, 0.05) is 12.1 Å². The van der Waals surface area contributed by atoms with Crippen LogP contribution in [0.15, 0.2) is 35.3 Å². The van der Waals surface area contributed by atoms with Crippen LogP contribution in [0.4, 0.5) is 23.2 Å². The van der Waals surface area contributed by atoms with Crippen LogP contribution in [-0.2, 0) is 0 Å². The first-order chi connectivity index (χ1) is 11.3. The van der Waals surface area contributed by atoms with E-state index in [1.54, 1.807) is 0 Å². The second kappa shape index (κ2) is 7.06. The average Bonchev–Trinajstić information content (AvgIpc) is 2.54. The van der Waals surface area contributed by atoms with E-state index in [2.05, 4.69) is 25.2 Å². The van der Waals surface area contributed by atoms with Crippen molar-refractivity contribution in [3.8, 4) is 5.88 Å². The first kappa shape index (κ1) is 17.4. The topological polar surface area (TPSA) is 97.0 Å². The van der Waals surface area contributed by atoms with Crippen LogP contribution in [0, 0.1) is 0 Å². The number of nitrogens with one attached hydrogen (secondary N) is 2. The summed E-state index contributed by atoms with van der Waals surface area (Å²) in [6.45, 7) is -1.52. The predicted molar refractivity (Wildman–Crippen MR) is 73.5 cm³/mol. The molecule has 2 N–H and O–H groups in total. The minimum atomic E-state index is -4.29. The highest BCUT2D eigenvalue weighted by Gasteiger charge is 2.41. The zero-order chi connectivity index (χ0) is 17.7. The number of H-pyrrole nitrogens is 1. The third kappa shape index (κ3) is 4.51. The summed E-state index contributed by atoms with van der Waals surface area (Å²) in [5.41, 5.74) is -0.359. The molecule has 0 spiro atoms. The summed E-state index contributed by atoms with van der Waals surface area (Å²) in [5.74, 6) is -5.24. The van der Waals surface area contributed by atoms with Crippen molar-refractivity contribution >= 4 is 11.6 Å². The molecule has 0 aliphatic heterocycles. The molecule has 2 heterocycles. The number of hydrogen-bond acceptors (Lipinski definition) is 5. The maximum absolute atomic E-state index is 12.7. The van der Waals surface area contributed by atoms with Gasteiger partial charge in [0.15, 0.2) is 6.61 Å². The fraction of sp³-hybridized carbons (Fsp3) is 0.231. The van der Waals surface area contributed by atoms with E-state index in [0.717, 1.165) is 18.3 Å². The van der Waals surface area contributed by atoms with Gasteiger partial charge in [-0.3, -0.25) is 9.59 Å². The number of hydrogen-bond donors (Lipinski definition) is 2. The lowest BCUT2D eigenvalue weighted by atomic mass is 10.3. The molecule has 24 heavy (non-hydrogen) atoms. The van der Waals surface area contributed by atoms with Crippen molar-refractivity contribution in [3.63, 3.8) is 0 Å². The maximum atomic E-state index is 12.7. The van der Waals surface area contributed by atoms with Crippen LogP contribution in [-0.4, -0.2) is 40.0 Å². The summed E-state index contributed by atoms with van der Waals surface area (Å²) in [4.78, 5) is 26.3. The van der Waals surface area contributed by atoms with E-state index in [-0.39, 0.29) is 17.3 Å². The van der Waals surface area contributed by atoms with Crippen LogP contribution in [0.25, 0.3) is 0 Å². The van der Waals surface area contributed by atoms with Crippen LogP contribution in [0.2, 0.25) is 0 Å². The van der Waals surface area contributed by atoms with Gasteiger partial charge in [0.1, 0.15) is 5.69 Å². The lowest BCUT2D eigenvalue weighted by Gasteiger charge is -2.15. The Labute approximate surface area is 131 Å². The van der Waals surface area contributed by atoms with Gasteiger partial charge in [0.25, 0.3) is 11.5 Å². The van der Waals surface area contributed by atoms with E-state index < -0.39 is 30.4 Å². The van der Waals surface area contributed by atoms with E-state index >= 15 is 0 Å². The minimum Gasteiger partial charge on any atom is -0.471 e. The molecule has 0 saturated carbocycles. The summed E-state index contributed by atoms with van der Waals surface area (Å²) in [6, 6.07) is 4.70. The first-order valence-corrected chi connectivity index (χ1v) is 6.40. The van der Waals surface area contributed by atoms with Crippen molar-refractivity contribution in [2.75, 3.05) is 11.9 Å². The molecule has 11 heteroatoms. The molecule has 0 atom stereocenters. The fourth-order valence-corrected chi connectivity index (χ4v) is 1.44. The molecule has 7 nitrogen and oxygen atoms in total. The molecule has 0 unspecified atom stereocenters. The van der Waals surface area contributed by atoms with Crippen molar-refractivity contribution in [3.05, 3.63) is 46.5 Å². The van der Waals surface area contributed by atoms with Gasteiger partial charge in [0.2, 0.25) is 5.88 Å². The number of carbonyl (C=O) groups is 1. The number of rotatable bonds is 6. The van der Waals surface area contributed by atoms with E-state index in [4.69, 9.17) is 0 Å². The van der Waals surface area contributed by atoms with E-state index in [9.17, 15) is 27.2 Å². The van der Waals surface area contributed by atoms with Crippen LogP contribution in [0.3, 0.4) is 0 Å². The van der Waals surface area contributed by atoms with Gasteiger partial charge in [0.05, 0.1) is 11.9 Å². The summed E-state index contributed by atoms with van der Waals surface area (Å²) in [5, 5.41) is 7.98. The minimum absolute atomic E-state index is 0.0634. The number of nitrogens with zero attached hydrogens (tertiary/aromatic N) is 2. The number of alkyl halides is 4. The zero-order valence-electron chi connectivity index (χ0n) is 11.8. The van der Waals surface area contributed by atoms with E-state index in [0.29, 0.717) is 0 Å². The summed E-state index contributed by atoms with van der Waals surface area (Å²) >= 11 is 0. The maximum Gasteiger partial charge on any atom is 0.340 e. The number of halogens is 4. The first-order valence-electron chi connectivity index (χ1n) is 6.40. The SMILES string of the molecule is O=C(Nc1ccc(OCC(F)(F)C(F)F)nc1)c1ccc(=O)[nH]n1. The Morgan fingerprint density at radius 1 is 1.29 bits per heavy atom. The molecule has 2 rings (SSSR count). The quantitative estimate of drug-likeness (QED) is 0.776. The second-order valence-electron chi connectivity index (χ2n) is 4.50. The monoisotopic (exact) mass is 346 g/mol. The molecule has 0 aromatic carbocycles. The van der Waals surface area contributed by atoms with Crippen molar-refractivity contribution in [1.82, 2.24) is 15.2 Å². The van der Waals surface area contributed by atoms with Crippen molar-refractivity contribution in [2.24, 2.45) is 0 Å². The van der Waals surface area contributed by atoms with Gasteiger partial charge in [-0.2, -0.15) is 13.9 Å². The third-order valence-corrected chi connectivity index (χ3v) is 2.64. The Bertz CT molecular complexity index is 744. The van der Waals surface area contributed by atoms with E-state index in [1.807, 2.05) is 0 Å². The van der Waals surface area contributed by atoms with Crippen LogP contribution in [0.1, 0.15) is 10.5 Å². The van der Waals surface area contributed by atoms with Gasteiger partial charge in [-0.15, -0.1) is 0 Å². The van der Waals surface area contributed by atoms with Gasteiger partial charge < -0.3 is 10.1 Å². The molecule has 0 radical (unpaired) electrons. The molecular weight excluding hydrogens is 336 g/mol. The molecule has 0 aliphatic rings. The van der Waals surface area contributed by atoms with Gasteiger partial charge in [-0.25, -0.2) is 18.9 Å². The number of ether oxygens (including phenoxy) is 1. The van der Waals surface area contributed by atoms with Gasteiger partial charge >= 0.3 is 12.3 Å². The zero-order valence-corrected chi connectivity index (χ0v) is 11.8. The highest BCUT2D eigenvalue weighted by Crippen LogP contribution is 2.24. The molecule has 0 aliphatic carbocycles. The standard InChI is InChI=1S/C13H10F4N4O3/c14-12(15)13(16,17)6-24-10-4-1-7(5-18-10)19-11(23)8-2-3-9(22)21-20-8/h1-5,12H,6H2,(H,19,23)(H,21,22).